The van der Waals surface area contributed by atoms with E-state index < -0.39 is 0 Å². The Morgan fingerprint density at radius 3 is 2.73 bits per heavy atom. The van der Waals surface area contributed by atoms with Crippen molar-refractivity contribution in [3.8, 4) is 0 Å². The van der Waals surface area contributed by atoms with Crippen molar-refractivity contribution in [3.05, 3.63) is 0 Å². The Labute approximate surface area is 68.9 Å². The van der Waals surface area contributed by atoms with Crippen molar-refractivity contribution < 1.29 is 9.47 Å². The molecule has 11 heavy (non-hydrogen) atoms. The summed E-state index contributed by atoms with van der Waals surface area (Å²) >= 11 is 0. The van der Waals surface area contributed by atoms with Crippen LogP contribution in [0.15, 0.2) is 0 Å². The standard InChI is InChI=1S/C9H18O2/c1-7(2)11-9-4-5-10-6-8(9)3/h7-9H,4-6H2,1-3H3. The maximum atomic E-state index is 5.72. The number of ether oxygens (including phenoxy) is 2. The van der Waals surface area contributed by atoms with E-state index in [-0.39, 0.29) is 0 Å². The highest BCUT2D eigenvalue weighted by atomic mass is 16.5. The van der Waals surface area contributed by atoms with Gasteiger partial charge < -0.3 is 9.47 Å². The number of rotatable bonds is 2. The van der Waals surface area contributed by atoms with E-state index in [1.54, 1.807) is 0 Å². The molecule has 0 aromatic carbocycles. The van der Waals surface area contributed by atoms with Gasteiger partial charge in [-0.15, -0.1) is 0 Å². The molecule has 0 N–H and O–H groups in total. The van der Waals surface area contributed by atoms with Gasteiger partial charge in [0.25, 0.3) is 0 Å². The van der Waals surface area contributed by atoms with Gasteiger partial charge in [-0.3, -0.25) is 0 Å². The lowest BCUT2D eigenvalue weighted by atomic mass is 10.0. The van der Waals surface area contributed by atoms with Gasteiger partial charge >= 0.3 is 0 Å². The number of hydrogen-bond donors (Lipinski definition) is 0. The first-order valence-electron chi connectivity index (χ1n) is 4.43. The highest BCUT2D eigenvalue weighted by molar-refractivity contribution is 4.70. The average molecular weight is 158 g/mol. The SMILES string of the molecule is CC(C)OC1CCOCC1C. The largest absolute Gasteiger partial charge is 0.381 e. The highest BCUT2D eigenvalue weighted by Gasteiger charge is 2.22. The van der Waals surface area contributed by atoms with Gasteiger partial charge in [-0.05, 0) is 20.3 Å². The molecule has 0 saturated carbocycles. The van der Waals surface area contributed by atoms with Crippen molar-refractivity contribution >= 4 is 0 Å². The molecular formula is C9H18O2. The van der Waals surface area contributed by atoms with Gasteiger partial charge in [-0.25, -0.2) is 0 Å². The zero-order valence-electron chi connectivity index (χ0n) is 7.67. The molecule has 1 fully saturated rings. The fourth-order valence-electron chi connectivity index (χ4n) is 1.41. The van der Waals surface area contributed by atoms with E-state index in [4.69, 9.17) is 9.47 Å². The fraction of sp³-hybridized carbons (Fsp3) is 1.00. The molecule has 2 unspecified atom stereocenters. The van der Waals surface area contributed by atoms with Crippen molar-refractivity contribution in [2.24, 2.45) is 5.92 Å². The van der Waals surface area contributed by atoms with E-state index in [2.05, 4.69) is 20.8 Å². The van der Waals surface area contributed by atoms with Crippen LogP contribution in [-0.2, 0) is 9.47 Å². The van der Waals surface area contributed by atoms with E-state index in [1.807, 2.05) is 0 Å². The van der Waals surface area contributed by atoms with Crippen LogP contribution >= 0.6 is 0 Å². The lowest BCUT2D eigenvalue weighted by molar-refractivity contribution is -0.0890. The third kappa shape index (κ3) is 2.80. The van der Waals surface area contributed by atoms with E-state index in [1.165, 1.54) is 0 Å². The Morgan fingerprint density at radius 1 is 1.45 bits per heavy atom. The van der Waals surface area contributed by atoms with Gasteiger partial charge in [0, 0.05) is 12.5 Å². The van der Waals surface area contributed by atoms with Crippen molar-refractivity contribution in [1.29, 1.82) is 0 Å². The molecule has 0 aromatic heterocycles. The third-order valence-corrected chi connectivity index (χ3v) is 2.01. The van der Waals surface area contributed by atoms with Gasteiger partial charge in [-0.2, -0.15) is 0 Å². The highest BCUT2D eigenvalue weighted by Crippen LogP contribution is 2.18. The van der Waals surface area contributed by atoms with Gasteiger partial charge in [0.1, 0.15) is 0 Å². The van der Waals surface area contributed by atoms with Crippen molar-refractivity contribution in [2.75, 3.05) is 13.2 Å². The second-order valence-electron chi connectivity index (χ2n) is 3.56. The molecule has 1 saturated heterocycles. The van der Waals surface area contributed by atoms with Crippen molar-refractivity contribution in [2.45, 2.75) is 39.4 Å². The second kappa shape index (κ2) is 4.07. The molecule has 0 aromatic rings. The summed E-state index contributed by atoms with van der Waals surface area (Å²) in [7, 11) is 0. The predicted octanol–water partition coefficient (Wildman–Crippen LogP) is 1.84. The molecule has 66 valence electrons. The summed E-state index contributed by atoms with van der Waals surface area (Å²) in [5.41, 5.74) is 0. The molecule has 2 atom stereocenters. The average Bonchev–Trinajstić information content (AvgIpc) is 1.93. The Balaban J connectivity index is 2.29. The molecule has 1 aliphatic rings. The molecular weight excluding hydrogens is 140 g/mol. The van der Waals surface area contributed by atoms with Crippen LogP contribution in [0.5, 0.6) is 0 Å². The summed E-state index contributed by atoms with van der Waals surface area (Å²) in [5.74, 6) is 0.561. The molecule has 1 rings (SSSR count). The Morgan fingerprint density at radius 2 is 2.18 bits per heavy atom. The van der Waals surface area contributed by atoms with Crippen LogP contribution in [0.3, 0.4) is 0 Å². The first-order chi connectivity index (χ1) is 5.20. The quantitative estimate of drug-likeness (QED) is 0.610. The smallest absolute Gasteiger partial charge is 0.0648 e. The predicted molar refractivity (Wildman–Crippen MR) is 44.6 cm³/mol. The number of hydrogen-bond acceptors (Lipinski definition) is 2. The minimum absolute atomic E-state index is 0.348. The van der Waals surface area contributed by atoms with Crippen LogP contribution in [0.1, 0.15) is 27.2 Å². The zero-order chi connectivity index (χ0) is 8.27. The van der Waals surface area contributed by atoms with Crippen LogP contribution in [0.2, 0.25) is 0 Å². The molecule has 0 amide bonds. The van der Waals surface area contributed by atoms with E-state index in [9.17, 15) is 0 Å². The Kier molecular flexibility index (Phi) is 3.34. The molecule has 2 nitrogen and oxygen atoms in total. The Hall–Kier alpha value is -0.0800. The lowest BCUT2D eigenvalue weighted by Gasteiger charge is -2.30. The zero-order valence-corrected chi connectivity index (χ0v) is 7.67. The molecule has 1 aliphatic heterocycles. The van der Waals surface area contributed by atoms with Gasteiger partial charge in [0.2, 0.25) is 0 Å². The van der Waals surface area contributed by atoms with Gasteiger partial charge in [-0.1, -0.05) is 6.92 Å². The second-order valence-corrected chi connectivity index (χ2v) is 3.56. The van der Waals surface area contributed by atoms with E-state index in [0.29, 0.717) is 18.1 Å². The normalized spacial score (nSPS) is 32.7. The first-order valence-corrected chi connectivity index (χ1v) is 4.43. The Bertz CT molecular complexity index is 112. The van der Waals surface area contributed by atoms with Crippen molar-refractivity contribution in [1.82, 2.24) is 0 Å². The summed E-state index contributed by atoms with van der Waals surface area (Å²) in [6.07, 6.45) is 1.82. The van der Waals surface area contributed by atoms with Crippen LogP contribution < -0.4 is 0 Å². The first kappa shape index (κ1) is 9.01. The van der Waals surface area contributed by atoms with Crippen LogP contribution in [0.25, 0.3) is 0 Å². The summed E-state index contributed by atoms with van der Waals surface area (Å²) < 4.78 is 11.0. The van der Waals surface area contributed by atoms with E-state index in [0.717, 1.165) is 19.6 Å². The van der Waals surface area contributed by atoms with Gasteiger partial charge in [0.15, 0.2) is 0 Å². The topological polar surface area (TPSA) is 18.5 Å². The van der Waals surface area contributed by atoms with Gasteiger partial charge in [0.05, 0.1) is 18.8 Å². The monoisotopic (exact) mass is 158 g/mol. The summed E-state index contributed by atoms with van der Waals surface area (Å²) in [6.45, 7) is 8.08. The minimum Gasteiger partial charge on any atom is -0.381 e. The maximum Gasteiger partial charge on any atom is 0.0648 e. The summed E-state index contributed by atoms with van der Waals surface area (Å²) in [6, 6.07) is 0. The van der Waals surface area contributed by atoms with Crippen LogP contribution in [0.4, 0.5) is 0 Å². The summed E-state index contributed by atoms with van der Waals surface area (Å²) in [5, 5.41) is 0. The maximum absolute atomic E-state index is 5.72. The molecule has 2 heteroatoms. The molecule has 0 aliphatic carbocycles. The van der Waals surface area contributed by atoms with Crippen LogP contribution in [0, 0.1) is 5.92 Å². The molecule has 0 spiro atoms. The van der Waals surface area contributed by atoms with E-state index >= 15 is 0 Å². The third-order valence-electron chi connectivity index (χ3n) is 2.01. The van der Waals surface area contributed by atoms with Crippen molar-refractivity contribution in [3.63, 3.8) is 0 Å². The minimum atomic E-state index is 0.348. The molecule has 0 radical (unpaired) electrons. The van der Waals surface area contributed by atoms with Crippen LogP contribution in [-0.4, -0.2) is 25.4 Å². The lowest BCUT2D eigenvalue weighted by Crippen LogP contribution is -2.33. The molecule has 0 bridgehead atoms. The summed E-state index contributed by atoms with van der Waals surface area (Å²) in [4.78, 5) is 0. The molecule has 1 heterocycles. The fourth-order valence-corrected chi connectivity index (χ4v) is 1.41.